The van der Waals surface area contributed by atoms with E-state index >= 15 is 0 Å². The van der Waals surface area contributed by atoms with Gasteiger partial charge in [0.25, 0.3) is 5.91 Å². The summed E-state index contributed by atoms with van der Waals surface area (Å²) in [5, 5.41) is 20.7. The highest BCUT2D eigenvalue weighted by Crippen LogP contribution is 2.36. The van der Waals surface area contributed by atoms with Crippen LogP contribution in [0.1, 0.15) is 5.56 Å². The molecule has 0 spiro atoms. The van der Waals surface area contributed by atoms with Gasteiger partial charge in [-0.15, -0.1) is 0 Å². The SMILES string of the molecule is N#Cc1cccc(-c2ccc3cc(O)c(N4CC(=O)NS4(=O)=O)cc3c2)c1. The Morgan fingerprint density at radius 3 is 2.52 bits per heavy atom. The lowest BCUT2D eigenvalue weighted by molar-refractivity contribution is -0.117. The van der Waals surface area contributed by atoms with Gasteiger partial charge in [-0.05, 0) is 52.2 Å². The Morgan fingerprint density at radius 1 is 1.04 bits per heavy atom. The molecule has 0 bridgehead atoms. The van der Waals surface area contributed by atoms with Crippen LogP contribution in [0.15, 0.2) is 54.6 Å². The van der Waals surface area contributed by atoms with Crippen LogP contribution in [0.3, 0.4) is 0 Å². The number of nitriles is 1. The summed E-state index contributed by atoms with van der Waals surface area (Å²) in [4.78, 5) is 11.5. The zero-order valence-corrected chi connectivity index (χ0v) is 14.7. The third-order valence-corrected chi connectivity index (χ3v) is 5.74. The normalized spacial score (nSPS) is 15.5. The second-order valence-electron chi connectivity index (χ2n) is 6.13. The Bertz CT molecular complexity index is 1250. The van der Waals surface area contributed by atoms with E-state index in [2.05, 4.69) is 6.07 Å². The van der Waals surface area contributed by atoms with E-state index in [1.54, 1.807) is 24.3 Å². The molecule has 27 heavy (non-hydrogen) atoms. The fraction of sp³-hybridized carbons (Fsp3) is 0.0526. The first kappa shape index (κ1) is 16.9. The predicted octanol–water partition coefficient (Wildman–Crippen LogP) is 2.27. The van der Waals surface area contributed by atoms with Crippen molar-refractivity contribution in [1.82, 2.24) is 4.72 Å². The Hall–Kier alpha value is -3.57. The number of amides is 1. The monoisotopic (exact) mass is 379 g/mol. The summed E-state index contributed by atoms with van der Waals surface area (Å²) in [6, 6.07) is 17.7. The molecule has 0 saturated carbocycles. The first-order valence-corrected chi connectivity index (χ1v) is 9.42. The molecule has 1 heterocycles. The van der Waals surface area contributed by atoms with E-state index in [1.807, 2.05) is 22.9 Å². The van der Waals surface area contributed by atoms with E-state index in [-0.39, 0.29) is 18.0 Å². The number of nitrogens with one attached hydrogen (secondary N) is 1. The van der Waals surface area contributed by atoms with Crippen molar-refractivity contribution in [3.05, 3.63) is 60.2 Å². The molecule has 7 nitrogen and oxygen atoms in total. The van der Waals surface area contributed by atoms with Gasteiger partial charge < -0.3 is 5.11 Å². The summed E-state index contributed by atoms with van der Waals surface area (Å²) in [6.45, 7) is -0.384. The van der Waals surface area contributed by atoms with Crippen molar-refractivity contribution in [3.8, 4) is 22.9 Å². The quantitative estimate of drug-likeness (QED) is 0.710. The van der Waals surface area contributed by atoms with Crippen LogP contribution in [-0.2, 0) is 15.0 Å². The number of rotatable bonds is 2. The molecular weight excluding hydrogens is 366 g/mol. The Kier molecular flexibility index (Phi) is 3.75. The van der Waals surface area contributed by atoms with E-state index in [0.29, 0.717) is 16.3 Å². The average molecular weight is 379 g/mol. The van der Waals surface area contributed by atoms with Crippen LogP contribution in [-0.4, -0.2) is 26.0 Å². The molecule has 3 aromatic carbocycles. The molecule has 0 atom stereocenters. The van der Waals surface area contributed by atoms with Crippen LogP contribution in [0, 0.1) is 11.3 Å². The molecular formula is C19H13N3O4S. The number of benzene rings is 3. The zero-order chi connectivity index (χ0) is 19.2. The van der Waals surface area contributed by atoms with Crippen molar-refractivity contribution in [1.29, 1.82) is 5.26 Å². The summed E-state index contributed by atoms with van der Waals surface area (Å²) in [5.41, 5.74) is 2.25. The zero-order valence-electron chi connectivity index (χ0n) is 13.9. The number of phenolic OH excluding ortho intramolecular Hbond substituents is 1. The van der Waals surface area contributed by atoms with Gasteiger partial charge in [-0.1, -0.05) is 24.3 Å². The number of carbonyl (C=O) groups is 1. The van der Waals surface area contributed by atoms with Crippen LogP contribution < -0.4 is 9.03 Å². The number of nitrogens with zero attached hydrogens (tertiary/aromatic N) is 2. The van der Waals surface area contributed by atoms with Gasteiger partial charge in [-0.3, -0.25) is 4.79 Å². The van der Waals surface area contributed by atoms with E-state index in [1.165, 1.54) is 12.1 Å². The highest BCUT2D eigenvalue weighted by molar-refractivity contribution is 7.92. The van der Waals surface area contributed by atoms with Gasteiger partial charge in [-0.25, -0.2) is 9.03 Å². The van der Waals surface area contributed by atoms with Gasteiger partial charge in [0.15, 0.2) is 0 Å². The predicted molar refractivity (Wildman–Crippen MR) is 100 cm³/mol. The molecule has 0 unspecified atom stereocenters. The Morgan fingerprint density at radius 2 is 1.81 bits per heavy atom. The summed E-state index contributed by atoms with van der Waals surface area (Å²) in [6.07, 6.45) is 0. The van der Waals surface area contributed by atoms with Gasteiger partial charge in [0.1, 0.15) is 12.3 Å². The number of phenols is 1. The van der Waals surface area contributed by atoms with Crippen molar-refractivity contribution < 1.29 is 18.3 Å². The summed E-state index contributed by atoms with van der Waals surface area (Å²) in [7, 11) is -4.01. The number of aromatic hydroxyl groups is 1. The lowest BCUT2D eigenvalue weighted by Gasteiger charge is -2.17. The molecule has 8 heteroatoms. The average Bonchev–Trinajstić information content (AvgIpc) is 2.92. The first-order chi connectivity index (χ1) is 12.9. The maximum atomic E-state index is 12.1. The molecule has 1 saturated heterocycles. The van der Waals surface area contributed by atoms with E-state index in [0.717, 1.165) is 15.4 Å². The molecule has 0 aliphatic carbocycles. The van der Waals surface area contributed by atoms with Gasteiger partial charge in [0.05, 0.1) is 17.3 Å². The van der Waals surface area contributed by atoms with Crippen LogP contribution in [0.2, 0.25) is 0 Å². The van der Waals surface area contributed by atoms with Gasteiger partial charge in [0, 0.05) is 0 Å². The third kappa shape index (κ3) is 2.94. The minimum Gasteiger partial charge on any atom is -0.506 e. The van der Waals surface area contributed by atoms with E-state index in [4.69, 9.17) is 5.26 Å². The van der Waals surface area contributed by atoms with Crippen molar-refractivity contribution >= 4 is 32.6 Å². The number of carbonyl (C=O) groups excluding carboxylic acids is 1. The number of anilines is 1. The molecule has 1 amide bonds. The second-order valence-corrected chi connectivity index (χ2v) is 7.73. The molecule has 4 rings (SSSR count). The number of fused-ring (bicyclic) bond motifs is 1. The fourth-order valence-corrected chi connectivity index (χ4v) is 4.24. The smallest absolute Gasteiger partial charge is 0.326 e. The lowest BCUT2D eigenvalue weighted by Crippen LogP contribution is -2.29. The van der Waals surface area contributed by atoms with Crippen molar-refractivity contribution in [2.24, 2.45) is 0 Å². The van der Waals surface area contributed by atoms with Gasteiger partial charge in [0.2, 0.25) is 0 Å². The minimum absolute atomic E-state index is 0.0313. The second kappa shape index (κ2) is 6.00. The van der Waals surface area contributed by atoms with Crippen LogP contribution in [0.25, 0.3) is 21.9 Å². The first-order valence-electron chi connectivity index (χ1n) is 7.98. The lowest BCUT2D eigenvalue weighted by atomic mass is 9.99. The number of hydrogen-bond acceptors (Lipinski definition) is 5. The van der Waals surface area contributed by atoms with E-state index in [9.17, 15) is 18.3 Å². The van der Waals surface area contributed by atoms with E-state index < -0.39 is 16.1 Å². The maximum absolute atomic E-state index is 12.1. The number of hydrogen-bond donors (Lipinski definition) is 2. The molecule has 0 radical (unpaired) electrons. The summed E-state index contributed by atoms with van der Waals surface area (Å²) in [5.74, 6) is -0.890. The summed E-state index contributed by atoms with van der Waals surface area (Å²) >= 11 is 0. The highest BCUT2D eigenvalue weighted by Gasteiger charge is 2.35. The molecule has 0 aromatic heterocycles. The highest BCUT2D eigenvalue weighted by atomic mass is 32.2. The van der Waals surface area contributed by atoms with Gasteiger partial charge >= 0.3 is 10.2 Å². The molecule has 1 aliphatic rings. The largest absolute Gasteiger partial charge is 0.506 e. The van der Waals surface area contributed by atoms with Crippen LogP contribution in [0.4, 0.5) is 5.69 Å². The standard InChI is InChI=1S/C19H13N3O4S/c20-10-12-2-1-3-13(6-12)14-4-5-15-9-18(23)17(8-16(15)7-14)22-11-19(24)21-27(22,25)26/h1-9,23H,11H2,(H,21,24). The molecule has 1 fully saturated rings. The molecule has 2 N–H and O–H groups in total. The molecule has 3 aromatic rings. The minimum atomic E-state index is -4.01. The van der Waals surface area contributed by atoms with Crippen molar-refractivity contribution in [2.45, 2.75) is 0 Å². The Labute approximate surface area is 155 Å². The van der Waals surface area contributed by atoms with Crippen molar-refractivity contribution in [2.75, 3.05) is 10.8 Å². The topological polar surface area (TPSA) is 110 Å². The third-order valence-electron chi connectivity index (χ3n) is 4.35. The molecule has 134 valence electrons. The van der Waals surface area contributed by atoms with Crippen LogP contribution in [0.5, 0.6) is 5.75 Å². The van der Waals surface area contributed by atoms with Gasteiger partial charge in [-0.2, -0.15) is 13.7 Å². The summed E-state index contributed by atoms with van der Waals surface area (Å²) < 4.78 is 26.9. The van der Waals surface area contributed by atoms with Crippen LogP contribution >= 0.6 is 0 Å². The molecule has 1 aliphatic heterocycles. The van der Waals surface area contributed by atoms with Crippen molar-refractivity contribution in [3.63, 3.8) is 0 Å². The fourth-order valence-electron chi connectivity index (χ4n) is 3.08. The Balaban J connectivity index is 1.85. The maximum Gasteiger partial charge on any atom is 0.326 e.